The van der Waals surface area contributed by atoms with Crippen molar-refractivity contribution in [2.24, 2.45) is 0 Å². The second-order valence-corrected chi connectivity index (χ2v) is 11.2. The van der Waals surface area contributed by atoms with Gasteiger partial charge in [0, 0.05) is 0 Å². The lowest BCUT2D eigenvalue weighted by molar-refractivity contribution is -0.127. The van der Waals surface area contributed by atoms with Crippen LogP contribution in [0.2, 0.25) is 0 Å². The molecular formula is C26H25NO4S. The van der Waals surface area contributed by atoms with Crippen LogP contribution in [0.1, 0.15) is 43.5 Å². The molecule has 0 saturated heterocycles. The van der Waals surface area contributed by atoms with E-state index in [-0.39, 0.29) is 19.1 Å². The summed E-state index contributed by atoms with van der Waals surface area (Å²) in [5.74, 6) is 1.16. The summed E-state index contributed by atoms with van der Waals surface area (Å²) in [6, 6.07) is 21.6. The summed E-state index contributed by atoms with van der Waals surface area (Å²) in [5.41, 5.74) is 4.94. The van der Waals surface area contributed by atoms with E-state index in [1.54, 1.807) is 4.31 Å². The van der Waals surface area contributed by atoms with Crippen molar-refractivity contribution in [2.75, 3.05) is 6.79 Å². The molecule has 1 amide bonds. The van der Waals surface area contributed by atoms with Crippen LogP contribution in [0.15, 0.2) is 66.7 Å². The Morgan fingerprint density at radius 3 is 2.19 bits per heavy atom. The summed E-state index contributed by atoms with van der Waals surface area (Å²) in [6.45, 7) is 5.84. The van der Waals surface area contributed by atoms with E-state index in [9.17, 15) is 9.00 Å². The Kier molecular flexibility index (Phi) is 5.05. The average molecular weight is 448 g/mol. The molecule has 5 rings (SSSR count). The lowest BCUT2D eigenvalue weighted by Crippen LogP contribution is -2.47. The molecule has 0 radical (unpaired) electrons. The quantitative estimate of drug-likeness (QED) is 0.566. The number of rotatable bonds is 3. The van der Waals surface area contributed by atoms with E-state index in [2.05, 4.69) is 24.3 Å². The number of carbonyl (C=O) groups excluding carboxylic acids is 1. The van der Waals surface area contributed by atoms with Gasteiger partial charge in [-0.25, -0.2) is 8.51 Å². The minimum absolute atomic E-state index is 0.151. The second kappa shape index (κ2) is 7.78. The predicted molar refractivity (Wildman–Crippen MR) is 125 cm³/mol. The van der Waals surface area contributed by atoms with Gasteiger partial charge in [0.2, 0.25) is 12.7 Å². The minimum Gasteiger partial charge on any atom is -0.454 e. The number of fused-ring (bicyclic) bond motifs is 2. The highest BCUT2D eigenvalue weighted by Gasteiger charge is 2.41. The molecule has 0 N–H and O–H groups in total. The maximum atomic E-state index is 13.5. The first-order valence-corrected chi connectivity index (χ1v) is 11.8. The molecule has 0 saturated carbocycles. The van der Waals surface area contributed by atoms with Gasteiger partial charge in [-0.3, -0.25) is 4.79 Å². The summed E-state index contributed by atoms with van der Waals surface area (Å²) in [5, 5.41) is 0. The van der Waals surface area contributed by atoms with Crippen molar-refractivity contribution in [3.05, 3.63) is 83.4 Å². The number of hydrogen-bond donors (Lipinski definition) is 0. The first kappa shape index (κ1) is 20.8. The topological polar surface area (TPSA) is 55.8 Å². The molecule has 2 heterocycles. The van der Waals surface area contributed by atoms with E-state index in [1.165, 1.54) is 0 Å². The van der Waals surface area contributed by atoms with Gasteiger partial charge < -0.3 is 9.47 Å². The number of carbonyl (C=O) groups is 1. The summed E-state index contributed by atoms with van der Waals surface area (Å²) in [4.78, 5) is 13.3. The van der Waals surface area contributed by atoms with E-state index in [0.717, 1.165) is 27.8 Å². The molecule has 2 atom stereocenters. The van der Waals surface area contributed by atoms with Gasteiger partial charge >= 0.3 is 0 Å². The van der Waals surface area contributed by atoms with Gasteiger partial charge in [0.25, 0.3) is 0 Å². The normalized spacial score (nSPS) is 18.4. The van der Waals surface area contributed by atoms with Gasteiger partial charge in [0.05, 0.1) is 17.2 Å². The van der Waals surface area contributed by atoms with Crippen LogP contribution in [-0.4, -0.2) is 26.0 Å². The molecule has 3 aromatic rings. The molecule has 0 aliphatic carbocycles. The zero-order valence-corrected chi connectivity index (χ0v) is 19.1. The van der Waals surface area contributed by atoms with Crippen molar-refractivity contribution in [1.82, 2.24) is 4.31 Å². The third-order valence-corrected chi connectivity index (χ3v) is 7.61. The van der Waals surface area contributed by atoms with Gasteiger partial charge in [0.15, 0.2) is 11.5 Å². The lowest BCUT2D eigenvalue weighted by Gasteiger charge is -2.39. The van der Waals surface area contributed by atoms with E-state index in [1.807, 2.05) is 63.2 Å². The molecule has 5 nitrogen and oxygen atoms in total. The van der Waals surface area contributed by atoms with E-state index < -0.39 is 21.8 Å². The summed E-state index contributed by atoms with van der Waals surface area (Å²) >= 11 is 0. The van der Waals surface area contributed by atoms with Crippen molar-refractivity contribution in [3.8, 4) is 22.6 Å². The maximum absolute atomic E-state index is 13.5. The first-order valence-electron chi connectivity index (χ1n) is 10.6. The maximum Gasteiger partial charge on any atom is 0.239 e. The monoisotopic (exact) mass is 447 g/mol. The summed E-state index contributed by atoms with van der Waals surface area (Å²) in [7, 11) is -1.52. The van der Waals surface area contributed by atoms with Crippen molar-refractivity contribution >= 4 is 16.9 Å². The van der Waals surface area contributed by atoms with Crippen molar-refractivity contribution in [2.45, 2.75) is 38.0 Å². The molecule has 32 heavy (non-hydrogen) atoms. The number of nitrogens with zero attached hydrogens (tertiary/aromatic N) is 1. The highest BCUT2D eigenvalue weighted by Crippen LogP contribution is 2.44. The molecular weight excluding hydrogens is 422 g/mol. The van der Waals surface area contributed by atoms with Crippen LogP contribution in [-0.2, 0) is 22.2 Å². The third-order valence-electron chi connectivity index (χ3n) is 5.79. The summed E-state index contributed by atoms with van der Waals surface area (Å²) in [6.07, 6.45) is 0.187. The Hall–Kier alpha value is -3.12. The van der Waals surface area contributed by atoms with Gasteiger partial charge in [-0.2, -0.15) is 0 Å². The smallest absolute Gasteiger partial charge is 0.239 e. The Bertz CT molecular complexity index is 1200. The van der Waals surface area contributed by atoms with E-state index in [0.29, 0.717) is 11.5 Å². The number of ether oxygens (including phenoxy) is 2. The molecule has 0 spiro atoms. The Labute approximate surface area is 190 Å². The molecule has 0 bridgehead atoms. The number of hydrogen-bond acceptors (Lipinski definition) is 4. The Morgan fingerprint density at radius 2 is 1.53 bits per heavy atom. The Morgan fingerprint density at radius 1 is 0.906 bits per heavy atom. The highest BCUT2D eigenvalue weighted by molar-refractivity contribution is 7.84. The first-order chi connectivity index (χ1) is 15.3. The van der Waals surface area contributed by atoms with Crippen molar-refractivity contribution in [3.63, 3.8) is 0 Å². The van der Waals surface area contributed by atoms with Crippen LogP contribution >= 0.6 is 0 Å². The Balaban J connectivity index is 1.64. The molecule has 2 aliphatic rings. The van der Waals surface area contributed by atoms with Gasteiger partial charge in [-0.15, -0.1) is 0 Å². The molecule has 0 unspecified atom stereocenters. The third kappa shape index (κ3) is 3.58. The second-order valence-electron chi connectivity index (χ2n) is 9.05. The lowest BCUT2D eigenvalue weighted by atomic mass is 9.88. The molecule has 2 aliphatic heterocycles. The fraction of sp³-hybridized carbons (Fsp3) is 0.269. The molecule has 3 aromatic carbocycles. The van der Waals surface area contributed by atoms with Crippen molar-refractivity contribution < 1.29 is 18.5 Å². The number of amides is 1. The fourth-order valence-electron chi connectivity index (χ4n) is 4.21. The van der Waals surface area contributed by atoms with Crippen LogP contribution in [0, 0.1) is 0 Å². The molecule has 0 aromatic heterocycles. The number of benzene rings is 3. The summed E-state index contributed by atoms with van der Waals surface area (Å²) < 4.78 is 25.6. The van der Waals surface area contributed by atoms with Crippen LogP contribution in [0.25, 0.3) is 11.1 Å². The van der Waals surface area contributed by atoms with Gasteiger partial charge in [0.1, 0.15) is 11.0 Å². The van der Waals surface area contributed by atoms with Gasteiger partial charge in [-0.1, -0.05) is 54.6 Å². The average Bonchev–Trinajstić information content (AvgIpc) is 3.24. The van der Waals surface area contributed by atoms with Crippen LogP contribution < -0.4 is 9.47 Å². The SMILES string of the molecule is CC(C)(C)[S@@](=O)N1C(=O)Cc2cc3c(cc2[C@@H]1c1ccc(-c2ccccc2)cc1)OCO3. The minimum atomic E-state index is -1.52. The van der Waals surface area contributed by atoms with Crippen LogP contribution in [0.3, 0.4) is 0 Å². The largest absolute Gasteiger partial charge is 0.454 e. The van der Waals surface area contributed by atoms with E-state index >= 15 is 0 Å². The van der Waals surface area contributed by atoms with Crippen LogP contribution in [0.4, 0.5) is 0 Å². The van der Waals surface area contributed by atoms with E-state index in [4.69, 9.17) is 9.47 Å². The van der Waals surface area contributed by atoms with Gasteiger partial charge in [-0.05, 0) is 60.7 Å². The zero-order valence-electron chi connectivity index (χ0n) is 18.3. The predicted octanol–water partition coefficient (Wildman–Crippen LogP) is 5.02. The zero-order chi connectivity index (χ0) is 22.5. The fourth-order valence-corrected chi connectivity index (χ4v) is 5.47. The molecule has 0 fully saturated rings. The van der Waals surface area contributed by atoms with Crippen LogP contribution in [0.5, 0.6) is 11.5 Å². The standard InChI is InChI=1S/C26H25NO4S/c1-26(2,3)32(29)27-24(28)14-20-13-22-23(31-16-30-22)15-21(20)25(27)19-11-9-18(10-12-19)17-7-5-4-6-8-17/h4-13,15,25H,14,16H2,1-3H3/t25-,32+/m0/s1. The highest BCUT2D eigenvalue weighted by atomic mass is 32.2. The molecule has 6 heteroatoms. The van der Waals surface area contributed by atoms with Crippen molar-refractivity contribution in [1.29, 1.82) is 0 Å². The molecule has 164 valence electrons.